The molecule has 0 fully saturated rings. The van der Waals surface area contributed by atoms with Crippen molar-refractivity contribution < 1.29 is 4.39 Å². The molecular weight excluding hydrogens is 245 g/mol. The minimum atomic E-state index is -0.288. The van der Waals surface area contributed by atoms with Crippen LogP contribution in [0.2, 0.25) is 0 Å². The molecule has 0 saturated heterocycles. The van der Waals surface area contributed by atoms with Gasteiger partial charge in [-0.3, -0.25) is 0 Å². The summed E-state index contributed by atoms with van der Waals surface area (Å²) in [6, 6.07) is 15.0. The molecule has 94 valence electrons. The highest BCUT2D eigenvalue weighted by Crippen LogP contribution is 2.30. The van der Waals surface area contributed by atoms with Crippen LogP contribution in [0.3, 0.4) is 0 Å². The standard InChI is InChI=1S/C15H16FNS/c1-11(17)15-13(16)8-5-9-14(15)18-10-12-6-3-2-4-7-12/h2-9,11H,10,17H2,1H3. The van der Waals surface area contributed by atoms with Crippen LogP contribution in [-0.2, 0) is 5.75 Å². The van der Waals surface area contributed by atoms with E-state index in [0.29, 0.717) is 5.56 Å². The van der Waals surface area contributed by atoms with Crippen LogP contribution in [0.5, 0.6) is 0 Å². The van der Waals surface area contributed by atoms with Gasteiger partial charge in [-0.15, -0.1) is 11.8 Å². The Kier molecular flexibility index (Phi) is 4.39. The van der Waals surface area contributed by atoms with E-state index < -0.39 is 0 Å². The minimum Gasteiger partial charge on any atom is -0.324 e. The minimum absolute atomic E-state index is 0.219. The molecule has 1 atom stereocenters. The van der Waals surface area contributed by atoms with Gasteiger partial charge in [-0.25, -0.2) is 4.39 Å². The highest BCUT2D eigenvalue weighted by atomic mass is 32.2. The van der Waals surface area contributed by atoms with Gasteiger partial charge in [-0.1, -0.05) is 36.4 Å². The average Bonchev–Trinajstić information content (AvgIpc) is 2.37. The van der Waals surface area contributed by atoms with E-state index in [4.69, 9.17) is 5.73 Å². The van der Waals surface area contributed by atoms with Crippen molar-refractivity contribution in [2.45, 2.75) is 23.6 Å². The Labute approximate surface area is 111 Å². The van der Waals surface area contributed by atoms with Crippen molar-refractivity contribution in [3.8, 4) is 0 Å². The molecule has 0 heterocycles. The van der Waals surface area contributed by atoms with Crippen LogP contribution in [0.15, 0.2) is 53.4 Å². The molecule has 0 aliphatic carbocycles. The average molecular weight is 261 g/mol. The Morgan fingerprint density at radius 3 is 2.50 bits per heavy atom. The van der Waals surface area contributed by atoms with Crippen LogP contribution in [0.1, 0.15) is 24.1 Å². The number of nitrogens with two attached hydrogens (primary N) is 1. The van der Waals surface area contributed by atoms with Crippen LogP contribution < -0.4 is 5.73 Å². The van der Waals surface area contributed by atoms with Crippen molar-refractivity contribution in [1.29, 1.82) is 0 Å². The number of hydrogen-bond donors (Lipinski definition) is 1. The van der Waals surface area contributed by atoms with E-state index >= 15 is 0 Å². The van der Waals surface area contributed by atoms with Gasteiger partial charge in [0.2, 0.25) is 0 Å². The molecule has 2 rings (SSSR count). The normalized spacial score (nSPS) is 12.4. The fourth-order valence-corrected chi connectivity index (χ4v) is 2.95. The Morgan fingerprint density at radius 1 is 1.11 bits per heavy atom. The Morgan fingerprint density at radius 2 is 1.83 bits per heavy atom. The first-order chi connectivity index (χ1) is 8.68. The van der Waals surface area contributed by atoms with E-state index in [1.807, 2.05) is 31.2 Å². The Bertz CT molecular complexity index is 511. The zero-order valence-corrected chi connectivity index (χ0v) is 11.1. The predicted octanol–water partition coefficient (Wildman–Crippen LogP) is 4.14. The maximum Gasteiger partial charge on any atom is 0.129 e. The molecule has 0 amide bonds. The summed E-state index contributed by atoms with van der Waals surface area (Å²) in [5, 5.41) is 0. The first-order valence-electron chi connectivity index (χ1n) is 5.89. The van der Waals surface area contributed by atoms with E-state index in [-0.39, 0.29) is 11.9 Å². The molecule has 0 bridgehead atoms. The maximum absolute atomic E-state index is 13.7. The summed E-state index contributed by atoms with van der Waals surface area (Å²) in [5.41, 5.74) is 7.67. The van der Waals surface area contributed by atoms with Gasteiger partial charge in [-0.05, 0) is 24.6 Å². The molecule has 18 heavy (non-hydrogen) atoms. The van der Waals surface area contributed by atoms with Crippen molar-refractivity contribution in [3.63, 3.8) is 0 Å². The summed E-state index contributed by atoms with van der Waals surface area (Å²) in [7, 11) is 0. The smallest absolute Gasteiger partial charge is 0.129 e. The molecule has 0 saturated carbocycles. The van der Waals surface area contributed by atoms with Gasteiger partial charge >= 0.3 is 0 Å². The van der Waals surface area contributed by atoms with Crippen molar-refractivity contribution in [2.24, 2.45) is 5.73 Å². The van der Waals surface area contributed by atoms with E-state index in [1.54, 1.807) is 17.8 Å². The molecule has 0 aliphatic heterocycles. The number of benzene rings is 2. The molecule has 0 aromatic heterocycles. The third-order valence-electron chi connectivity index (χ3n) is 2.71. The van der Waals surface area contributed by atoms with Crippen LogP contribution in [0, 0.1) is 5.82 Å². The number of halogens is 1. The summed E-state index contributed by atoms with van der Waals surface area (Å²) in [5.74, 6) is 0.604. The fourth-order valence-electron chi connectivity index (χ4n) is 1.82. The predicted molar refractivity (Wildman–Crippen MR) is 75.0 cm³/mol. The Hall–Kier alpha value is -1.32. The van der Waals surface area contributed by atoms with Gasteiger partial charge in [0.25, 0.3) is 0 Å². The first kappa shape index (κ1) is 13.1. The molecule has 3 heteroatoms. The van der Waals surface area contributed by atoms with E-state index in [0.717, 1.165) is 10.6 Å². The highest BCUT2D eigenvalue weighted by Gasteiger charge is 2.12. The van der Waals surface area contributed by atoms with Crippen molar-refractivity contribution in [1.82, 2.24) is 0 Å². The lowest BCUT2D eigenvalue weighted by Gasteiger charge is -2.13. The molecule has 2 aromatic carbocycles. The zero-order valence-electron chi connectivity index (χ0n) is 10.3. The van der Waals surface area contributed by atoms with Crippen LogP contribution in [0.25, 0.3) is 0 Å². The lowest BCUT2D eigenvalue weighted by atomic mass is 10.1. The fraction of sp³-hybridized carbons (Fsp3) is 0.200. The second kappa shape index (κ2) is 6.03. The lowest BCUT2D eigenvalue weighted by Crippen LogP contribution is -2.09. The van der Waals surface area contributed by atoms with Crippen LogP contribution >= 0.6 is 11.8 Å². The number of hydrogen-bond acceptors (Lipinski definition) is 2. The molecular formula is C15H16FNS. The van der Waals surface area contributed by atoms with Crippen molar-refractivity contribution in [2.75, 3.05) is 0 Å². The van der Waals surface area contributed by atoms with E-state index in [1.165, 1.54) is 11.6 Å². The highest BCUT2D eigenvalue weighted by molar-refractivity contribution is 7.98. The van der Waals surface area contributed by atoms with Crippen molar-refractivity contribution >= 4 is 11.8 Å². The molecule has 0 spiro atoms. The molecule has 0 aliphatic rings. The number of rotatable bonds is 4. The Balaban J connectivity index is 2.17. The topological polar surface area (TPSA) is 26.0 Å². The van der Waals surface area contributed by atoms with Crippen LogP contribution in [-0.4, -0.2) is 0 Å². The molecule has 1 nitrogen and oxygen atoms in total. The zero-order chi connectivity index (χ0) is 13.0. The molecule has 1 unspecified atom stereocenters. The third kappa shape index (κ3) is 3.12. The summed E-state index contributed by atoms with van der Waals surface area (Å²) >= 11 is 1.62. The van der Waals surface area contributed by atoms with Gasteiger partial charge in [0.05, 0.1) is 0 Å². The summed E-state index contributed by atoms with van der Waals surface area (Å²) in [4.78, 5) is 0.925. The van der Waals surface area contributed by atoms with E-state index in [2.05, 4.69) is 12.1 Å². The van der Waals surface area contributed by atoms with Gasteiger partial charge in [0.15, 0.2) is 0 Å². The van der Waals surface area contributed by atoms with Gasteiger partial charge in [0, 0.05) is 22.3 Å². The monoisotopic (exact) mass is 261 g/mol. The largest absolute Gasteiger partial charge is 0.324 e. The van der Waals surface area contributed by atoms with Gasteiger partial charge in [-0.2, -0.15) is 0 Å². The quantitative estimate of drug-likeness (QED) is 0.837. The molecule has 2 N–H and O–H groups in total. The van der Waals surface area contributed by atoms with E-state index in [9.17, 15) is 4.39 Å². The summed E-state index contributed by atoms with van der Waals surface area (Å²) in [6.45, 7) is 1.81. The third-order valence-corrected chi connectivity index (χ3v) is 3.85. The summed E-state index contributed by atoms with van der Waals surface area (Å²) in [6.07, 6.45) is 0. The first-order valence-corrected chi connectivity index (χ1v) is 6.87. The SMILES string of the molecule is CC(N)c1c(F)cccc1SCc1ccccc1. The second-order valence-electron chi connectivity index (χ2n) is 4.21. The molecule has 0 radical (unpaired) electrons. The second-order valence-corrected chi connectivity index (χ2v) is 5.23. The van der Waals surface area contributed by atoms with Gasteiger partial charge < -0.3 is 5.73 Å². The van der Waals surface area contributed by atoms with Crippen molar-refractivity contribution in [3.05, 3.63) is 65.5 Å². The summed E-state index contributed by atoms with van der Waals surface area (Å²) < 4.78 is 13.7. The lowest BCUT2D eigenvalue weighted by molar-refractivity contribution is 0.585. The van der Waals surface area contributed by atoms with Gasteiger partial charge in [0.1, 0.15) is 5.82 Å². The molecule has 2 aromatic rings. The number of thioether (sulfide) groups is 1. The maximum atomic E-state index is 13.7. The van der Waals surface area contributed by atoms with Crippen LogP contribution in [0.4, 0.5) is 4.39 Å².